The Balaban J connectivity index is 1.96. The third kappa shape index (κ3) is 6.28. The standard InChI is InChI=1S/C23H23FN2O3/c1-16(2)18-10-8-17(9-11-18)12-20(13-25)23(28)29-15-22(27)26(3)14-19-6-4-5-7-21(19)24/h4-12,16H,14-15H2,1-3H3/b20-12+. The fourth-order valence-electron chi connectivity index (χ4n) is 2.57. The van der Waals surface area contributed by atoms with Crippen LogP contribution in [0.2, 0.25) is 0 Å². The lowest BCUT2D eigenvalue weighted by molar-refractivity contribution is -0.148. The topological polar surface area (TPSA) is 70.4 Å². The number of hydrogen-bond acceptors (Lipinski definition) is 4. The number of ether oxygens (including phenoxy) is 1. The Labute approximate surface area is 170 Å². The Bertz CT molecular complexity index is 943. The molecule has 29 heavy (non-hydrogen) atoms. The second-order valence-electron chi connectivity index (χ2n) is 6.91. The molecule has 6 heteroatoms. The fraction of sp³-hybridized carbons (Fsp3) is 0.261. The van der Waals surface area contributed by atoms with E-state index in [0.717, 1.165) is 5.56 Å². The number of hydrogen-bond donors (Lipinski definition) is 0. The zero-order chi connectivity index (χ0) is 21.4. The van der Waals surface area contributed by atoms with Crippen molar-refractivity contribution in [2.45, 2.75) is 26.3 Å². The molecule has 0 bridgehead atoms. The Morgan fingerprint density at radius 3 is 2.41 bits per heavy atom. The molecule has 0 aliphatic carbocycles. The Hall–Kier alpha value is -3.46. The van der Waals surface area contributed by atoms with Gasteiger partial charge < -0.3 is 9.64 Å². The van der Waals surface area contributed by atoms with Crippen LogP contribution in [0.15, 0.2) is 54.1 Å². The van der Waals surface area contributed by atoms with Crippen LogP contribution in [0.4, 0.5) is 4.39 Å². The van der Waals surface area contributed by atoms with Crippen LogP contribution in [-0.4, -0.2) is 30.4 Å². The molecule has 0 saturated carbocycles. The van der Waals surface area contributed by atoms with Crippen molar-refractivity contribution in [1.82, 2.24) is 4.90 Å². The average Bonchev–Trinajstić information content (AvgIpc) is 2.71. The summed E-state index contributed by atoms with van der Waals surface area (Å²) in [6.45, 7) is 3.66. The third-order valence-corrected chi connectivity index (χ3v) is 4.37. The highest BCUT2D eigenvalue weighted by Crippen LogP contribution is 2.16. The van der Waals surface area contributed by atoms with Gasteiger partial charge in [0.1, 0.15) is 17.5 Å². The van der Waals surface area contributed by atoms with E-state index >= 15 is 0 Å². The lowest BCUT2D eigenvalue weighted by atomic mass is 10.0. The zero-order valence-corrected chi connectivity index (χ0v) is 16.7. The minimum atomic E-state index is -0.881. The number of carbonyl (C=O) groups is 2. The van der Waals surface area contributed by atoms with Gasteiger partial charge in [-0.3, -0.25) is 4.79 Å². The SMILES string of the molecule is CC(C)c1ccc(/C=C(\C#N)C(=O)OCC(=O)N(C)Cc2ccccc2F)cc1. The maximum Gasteiger partial charge on any atom is 0.349 e. The van der Waals surface area contributed by atoms with Gasteiger partial charge in [-0.25, -0.2) is 9.18 Å². The molecule has 0 aliphatic rings. The predicted molar refractivity (Wildman–Crippen MR) is 108 cm³/mol. The van der Waals surface area contributed by atoms with Crippen molar-refractivity contribution in [2.24, 2.45) is 0 Å². The molecule has 0 N–H and O–H groups in total. The number of nitrogens with zero attached hydrogens (tertiary/aromatic N) is 2. The van der Waals surface area contributed by atoms with Gasteiger partial charge in [-0.15, -0.1) is 0 Å². The molecule has 0 saturated heterocycles. The van der Waals surface area contributed by atoms with Crippen LogP contribution in [0, 0.1) is 17.1 Å². The predicted octanol–water partition coefficient (Wildman–Crippen LogP) is 4.06. The fourth-order valence-corrected chi connectivity index (χ4v) is 2.57. The summed E-state index contributed by atoms with van der Waals surface area (Å²) in [4.78, 5) is 25.6. The molecule has 0 radical (unpaired) electrons. The summed E-state index contributed by atoms with van der Waals surface area (Å²) in [5, 5.41) is 9.24. The van der Waals surface area contributed by atoms with Gasteiger partial charge >= 0.3 is 5.97 Å². The maximum atomic E-state index is 13.7. The molecular weight excluding hydrogens is 371 g/mol. The lowest BCUT2D eigenvalue weighted by Gasteiger charge is -2.17. The molecule has 0 heterocycles. The summed E-state index contributed by atoms with van der Waals surface area (Å²) in [7, 11) is 1.49. The van der Waals surface area contributed by atoms with E-state index in [4.69, 9.17) is 4.74 Å². The van der Waals surface area contributed by atoms with Crippen molar-refractivity contribution in [3.63, 3.8) is 0 Å². The molecule has 0 atom stereocenters. The number of amides is 1. The van der Waals surface area contributed by atoms with Crippen molar-refractivity contribution in [3.05, 3.63) is 76.6 Å². The monoisotopic (exact) mass is 394 g/mol. The first-order valence-electron chi connectivity index (χ1n) is 9.18. The number of likely N-dealkylation sites (N-methyl/N-ethyl adjacent to an activating group) is 1. The number of benzene rings is 2. The minimum Gasteiger partial charge on any atom is -0.451 e. The molecule has 1 amide bonds. The smallest absolute Gasteiger partial charge is 0.349 e. The summed E-state index contributed by atoms with van der Waals surface area (Å²) < 4.78 is 18.7. The molecule has 0 aromatic heterocycles. The first-order chi connectivity index (χ1) is 13.8. The molecule has 2 aromatic carbocycles. The Morgan fingerprint density at radius 1 is 1.17 bits per heavy atom. The van der Waals surface area contributed by atoms with E-state index < -0.39 is 24.3 Å². The van der Waals surface area contributed by atoms with Crippen LogP contribution in [0.3, 0.4) is 0 Å². The highest BCUT2D eigenvalue weighted by Gasteiger charge is 2.16. The summed E-state index contributed by atoms with van der Waals surface area (Å²) in [6, 6.07) is 15.4. The Kier molecular flexibility index (Phi) is 7.67. The lowest BCUT2D eigenvalue weighted by Crippen LogP contribution is -2.31. The molecule has 2 rings (SSSR count). The van der Waals surface area contributed by atoms with Crippen LogP contribution < -0.4 is 0 Å². The molecule has 5 nitrogen and oxygen atoms in total. The van der Waals surface area contributed by atoms with Crippen LogP contribution in [0.5, 0.6) is 0 Å². The van der Waals surface area contributed by atoms with Crippen LogP contribution in [-0.2, 0) is 20.9 Å². The normalized spacial score (nSPS) is 11.1. The van der Waals surface area contributed by atoms with Gasteiger partial charge in [0.15, 0.2) is 6.61 Å². The van der Waals surface area contributed by atoms with Crippen LogP contribution in [0.25, 0.3) is 6.08 Å². The van der Waals surface area contributed by atoms with E-state index in [9.17, 15) is 19.2 Å². The van der Waals surface area contributed by atoms with Crippen molar-refractivity contribution in [3.8, 4) is 6.07 Å². The van der Waals surface area contributed by atoms with E-state index in [1.54, 1.807) is 24.3 Å². The molecule has 0 aliphatic heterocycles. The number of esters is 1. The quantitative estimate of drug-likeness (QED) is 0.403. The molecule has 0 unspecified atom stereocenters. The number of halogens is 1. The first kappa shape index (κ1) is 21.8. The van der Waals surface area contributed by atoms with E-state index in [1.807, 2.05) is 24.3 Å². The minimum absolute atomic E-state index is 0.0478. The van der Waals surface area contributed by atoms with Crippen molar-refractivity contribution in [2.75, 3.05) is 13.7 Å². The second-order valence-corrected chi connectivity index (χ2v) is 6.91. The molecule has 2 aromatic rings. The molecule has 0 spiro atoms. The number of nitriles is 1. The maximum absolute atomic E-state index is 13.7. The van der Waals surface area contributed by atoms with Gasteiger partial charge in [0.05, 0.1) is 0 Å². The van der Waals surface area contributed by atoms with Crippen molar-refractivity contribution >= 4 is 18.0 Å². The van der Waals surface area contributed by atoms with Gasteiger partial charge in [-0.2, -0.15) is 5.26 Å². The molecular formula is C23H23FN2O3. The first-order valence-corrected chi connectivity index (χ1v) is 9.18. The van der Waals surface area contributed by atoms with E-state index in [1.165, 1.54) is 24.1 Å². The van der Waals surface area contributed by atoms with Gasteiger partial charge in [-0.1, -0.05) is 56.3 Å². The summed E-state index contributed by atoms with van der Waals surface area (Å²) in [5.41, 5.74) is 1.99. The van der Waals surface area contributed by atoms with Crippen LogP contribution in [0.1, 0.15) is 36.5 Å². The van der Waals surface area contributed by atoms with E-state index in [-0.39, 0.29) is 12.1 Å². The summed E-state index contributed by atoms with van der Waals surface area (Å²) in [6.07, 6.45) is 1.42. The average molecular weight is 394 g/mol. The van der Waals surface area contributed by atoms with E-state index in [0.29, 0.717) is 17.0 Å². The second kappa shape index (κ2) is 10.2. The molecule has 150 valence electrons. The zero-order valence-electron chi connectivity index (χ0n) is 16.7. The van der Waals surface area contributed by atoms with E-state index in [2.05, 4.69) is 13.8 Å². The van der Waals surface area contributed by atoms with Crippen molar-refractivity contribution < 1.29 is 18.7 Å². The highest BCUT2D eigenvalue weighted by molar-refractivity contribution is 5.98. The highest BCUT2D eigenvalue weighted by atomic mass is 19.1. The number of rotatable bonds is 7. The summed E-state index contributed by atoms with van der Waals surface area (Å²) in [5.74, 6) is -1.42. The van der Waals surface area contributed by atoms with Gasteiger partial charge in [0.25, 0.3) is 5.91 Å². The van der Waals surface area contributed by atoms with Gasteiger partial charge in [0, 0.05) is 19.2 Å². The number of carbonyl (C=O) groups excluding carboxylic acids is 2. The largest absolute Gasteiger partial charge is 0.451 e. The van der Waals surface area contributed by atoms with Gasteiger partial charge in [-0.05, 0) is 29.2 Å². The molecule has 0 fully saturated rings. The third-order valence-electron chi connectivity index (χ3n) is 4.37. The summed E-state index contributed by atoms with van der Waals surface area (Å²) >= 11 is 0. The van der Waals surface area contributed by atoms with Crippen LogP contribution >= 0.6 is 0 Å². The Morgan fingerprint density at radius 2 is 1.83 bits per heavy atom. The van der Waals surface area contributed by atoms with Gasteiger partial charge in [0.2, 0.25) is 0 Å². The van der Waals surface area contributed by atoms with Crippen molar-refractivity contribution in [1.29, 1.82) is 5.26 Å².